The lowest BCUT2D eigenvalue weighted by molar-refractivity contribution is 0.242. The SMILES string of the molecule is CC(C)Oc1cccc(C(NN)c2ccoc2Br)c1. The van der Waals surface area contributed by atoms with Crippen LogP contribution in [0, 0.1) is 0 Å². The molecule has 0 fully saturated rings. The van der Waals surface area contributed by atoms with Gasteiger partial charge in [0.2, 0.25) is 0 Å². The molecule has 1 unspecified atom stereocenters. The number of hydrogen-bond donors (Lipinski definition) is 2. The van der Waals surface area contributed by atoms with E-state index in [4.69, 9.17) is 15.0 Å². The van der Waals surface area contributed by atoms with Crippen molar-refractivity contribution in [3.8, 4) is 5.75 Å². The van der Waals surface area contributed by atoms with Crippen LogP contribution in [0.1, 0.15) is 31.0 Å². The fourth-order valence-corrected chi connectivity index (χ4v) is 2.38. The molecule has 1 atom stereocenters. The van der Waals surface area contributed by atoms with E-state index in [0.29, 0.717) is 4.67 Å². The first-order valence-electron chi connectivity index (χ1n) is 6.07. The summed E-state index contributed by atoms with van der Waals surface area (Å²) in [6.07, 6.45) is 1.76. The van der Waals surface area contributed by atoms with Gasteiger partial charge in [0, 0.05) is 5.56 Å². The molecule has 0 amide bonds. The summed E-state index contributed by atoms with van der Waals surface area (Å²) < 4.78 is 11.6. The zero-order valence-corrected chi connectivity index (χ0v) is 12.5. The monoisotopic (exact) mass is 324 g/mol. The highest BCUT2D eigenvalue weighted by atomic mass is 79.9. The smallest absolute Gasteiger partial charge is 0.174 e. The highest BCUT2D eigenvalue weighted by Gasteiger charge is 2.18. The number of hydrogen-bond acceptors (Lipinski definition) is 4. The Kier molecular flexibility index (Phi) is 4.63. The summed E-state index contributed by atoms with van der Waals surface area (Å²) in [5.41, 5.74) is 4.76. The van der Waals surface area contributed by atoms with E-state index in [9.17, 15) is 0 Å². The Balaban J connectivity index is 2.31. The molecule has 0 aliphatic rings. The largest absolute Gasteiger partial charge is 0.491 e. The molecular formula is C14H17BrN2O2. The Morgan fingerprint density at radius 3 is 2.68 bits per heavy atom. The lowest BCUT2D eigenvalue weighted by atomic mass is 10.0. The fourth-order valence-electron chi connectivity index (χ4n) is 1.92. The Morgan fingerprint density at radius 2 is 2.11 bits per heavy atom. The van der Waals surface area contributed by atoms with Gasteiger partial charge in [-0.15, -0.1) is 0 Å². The van der Waals surface area contributed by atoms with Gasteiger partial charge in [-0.3, -0.25) is 5.84 Å². The first kappa shape index (κ1) is 14.1. The van der Waals surface area contributed by atoms with E-state index >= 15 is 0 Å². The quantitative estimate of drug-likeness (QED) is 0.653. The number of nitrogens with one attached hydrogen (secondary N) is 1. The molecule has 2 rings (SSSR count). The number of furan rings is 1. The van der Waals surface area contributed by atoms with Crippen LogP contribution in [0.3, 0.4) is 0 Å². The van der Waals surface area contributed by atoms with Crippen molar-refractivity contribution in [3.05, 3.63) is 52.4 Å². The standard InChI is InChI=1S/C14H17BrN2O2/c1-9(2)19-11-5-3-4-10(8-11)13(17-16)12-6-7-18-14(12)15/h3-9,13,17H,16H2,1-2H3. The zero-order chi connectivity index (χ0) is 13.8. The molecule has 0 aliphatic heterocycles. The predicted molar refractivity (Wildman–Crippen MR) is 77.8 cm³/mol. The van der Waals surface area contributed by atoms with Gasteiger partial charge in [0.15, 0.2) is 4.67 Å². The Morgan fingerprint density at radius 1 is 1.32 bits per heavy atom. The number of rotatable bonds is 5. The van der Waals surface area contributed by atoms with Crippen molar-refractivity contribution in [2.45, 2.75) is 26.0 Å². The lowest BCUT2D eigenvalue weighted by Crippen LogP contribution is -2.28. The van der Waals surface area contributed by atoms with Crippen LogP contribution in [0.4, 0.5) is 0 Å². The molecule has 3 N–H and O–H groups in total. The van der Waals surface area contributed by atoms with Gasteiger partial charge < -0.3 is 9.15 Å². The van der Waals surface area contributed by atoms with Gasteiger partial charge in [0.1, 0.15) is 5.75 Å². The summed E-state index contributed by atoms with van der Waals surface area (Å²) in [7, 11) is 0. The summed E-state index contributed by atoms with van der Waals surface area (Å²) in [5.74, 6) is 6.49. The first-order valence-corrected chi connectivity index (χ1v) is 6.86. The maximum Gasteiger partial charge on any atom is 0.174 e. The molecule has 1 heterocycles. The summed E-state index contributed by atoms with van der Waals surface area (Å²) in [6.45, 7) is 4.00. The van der Waals surface area contributed by atoms with Gasteiger partial charge in [-0.1, -0.05) is 12.1 Å². The average Bonchev–Trinajstić information content (AvgIpc) is 2.77. The van der Waals surface area contributed by atoms with Gasteiger partial charge in [-0.05, 0) is 53.5 Å². The molecule has 0 spiro atoms. The highest BCUT2D eigenvalue weighted by Crippen LogP contribution is 2.30. The van der Waals surface area contributed by atoms with E-state index in [0.717, 1.165) is 16.9 Å². The summed E-state index contributed by atoms with van der Waals surface area (Å²) in [6, 6.07) is 9.59. The van der Waals surface area contributed by atoms with Gasteiger partial charge in [0.05, 0.1) is 18.4 Å². The van der Waals surface area contributed by atoms with Crippen LogP contribution in [0.15, 0.2) is 45.7 Å². The number of ether oxygens (including phenoxy) is 1. The van der Waals surface area contributed by atoms with Gasteiger partial charge >= 0.3 is 0 Å². The topological polar surface area (TPSA) is 60.4 Å². The maximum atomic E-state index is 5.69. The second kappa shape index (κ2) is 6.23. The van der Waals surface area contributed by atoms with Crippen LogP contribution in [-0.4, -0.2) is 6.10 Å². The van der Waals surface area contributed by atoms with Gasteiger partial charge in [-0.25, -0.2) is 5.43 Å². The van der Waals surface area contributed by atoms with Crippen molar-refractivity contribution >= 4 is 15.9 Å². The minimum absolute atomic E-state index is 0.139. The zero-order valence-electron chi connectivity index (χ0n) is 10.9. The number of nitrogens with two attached hydrogens (primary N) is 1. The number of hydrazine groups is 1. The van der Waals surface area contributed by atoms with E-state index in [1.165, 1.54) is 0 Å². The van der Waals surface area contributed by atoms with Crippen LogP contribution < -0.4 is 16.0 Å². The normalized spacial score (nSPS) is 12.7. The van der Waals surface area contributed by atoms with Crippen LogP contribution in [0.25, 0.3) is 0 Å². The molecule has 5 heteroatoms. The van der Waals surface area contributed by atoms with E-state index in [1.54, 1.807) is 6.26 Å². The lowest BCUT2D eigenvalue weighted by Gasteiger charge is -2.17. The minimum atomic E-state index is -0.149. The van der Waals surface area contributed by atoms with E-state index in [2.05, 4.69) is 21.4 Å². The first-order chi connectivity index (χ1) is 9.11. The second-order valence-electron chi connectivity index (χ2n) is 4.49. The molecule has 4 nitrogen and oxygen atoms in total. The molecule has 0 saturated heterocycles. The molecular weight excluding hydrogens is 308 g/mol. The molecule has 0 saturated carbocycles. The molecule has 0 aliphatic carbocycles. The third-order valence-electron chi connectivity index (χ3n) is 2.69. The third-order valence-corrected chi connectivity index (χ3v) is 3.33. The van der Waals surface area contributed by atoms with Crippen molar-refractivity contribution in [2.24, 2.45) is 5.84 Å². The minimum Gasteiger partial charge on any atom is -0.491 e. The van der Waals surface area contributed by atoms with Gasteiger partial charge in [0.25, 0.3) is 0 Å². The molecule has 102 valence electrons. The van der Waals surface area contributed by atoms with Crippen molar-refractivity contribution in [3.63, 3.8) is 0 Å². The van der Waals surface area contributed by atoms with Crippen LogP contribution >= 0.6 is 15.9 Å². The van der Waals surface area contributed by atoms with Crippen molar-refractivity contribution < 1.29 is 9.15 Å². The highest BCUT2D eigenvalue weighted by molar-refractivity contribution is 9.10. The number of benzene rings is 1. The van der Waals surface area contributed by atoms with Crippen molar-refractivity contribution in [1.82, 2.24) is 5.43 Å². The molecule has 0 bridgehead atoms. The van der Waals surface area contributed by atoms with E-state index in [1.807, 2.05) is 44.2 Å². The maximum absolute atomic E-state index is 5.69. The van der Waals surface area contributed by atoms with Crippen LogP contribution in [-0.2, 0) is 0 Å². The van der Waals surface area contributed by atoms with E-state index < -0.39 is 0 Å². The molecule has 19 heavy (non-hydrogen) atoms. The number of halogens is 1. The average molecular weight is 325 g/mol. The van der Waals surface area contributed by atoms with Crippen LogP contribution in [0.2, 0.25) is 0 Å². The fraction of sp³-hybridized carbons (Fsp3) is 0.286. The molecule has 1 aromatic heterocycles. The molecule has 1 aromatic carbocycles. The molecule has 2 aromatic rings. The van der Waals surface area contributed by atoms with Gasteiger partial charge in [-0.2, -0.15) is 0 Å². The molecule has 0 radical (unpaired) electrons. The Bertz CT molecular complexity index is 540. The van der Waals surface area contributed by atoms with Crippen molar-refractivity contribution in [1.29, 1.82) is 0 Å². The Labute approximate surface area is 121 Å². The van der Waals surface area contributed by atoms with Crippen LogP contribution in [0.5, 0.6) is 5.75 Å². The van der Waals surface area contributed by atoms with Crippen molar-refractivity contribution in [2.75, 3.05) is 0 Å². The predicted octanol–water partition coefficient (Wildman–Crippen LogP) is 3.38. The summed E-state index contributed by atoms with van der Waals surface area (Å²) in [4.78, 5) is 0. The summed E-state index contributed by atoms with van der Waals surface area (Å²) in [5, 5.41) is 0. The second-order valence-corrected chi connectivity index (χ2v) is 5.21. The Hall–Kier alpha value is -1.30. The van der Waals surface area contributed by atoms with E-state index in [-0.39, 0.29) is 12.1 Å². The third kappa shape index (κ3) is 3.37. The summed E-state index contributed by atoms with van der Waals surface area (Å²) >= 11 is 3.37.